The third-order valence-corrected chi connectivity index (χ3v) is 3.40. The van der Waals surface area contributed by atoms with Gasteiger partial charge in [-0.15, -0.1) is 0 Å². The minimum atomic E-state index is -0.511. The van der Waals surface area contributed by atoms with Gasteiger partial charge in [0.05, 0.1) is 16.6 Å². The maximum atomic E-state index is 11.0. The predicted molar refractivity (Wildman–Crippen MR) is 81.6 cm³/mol. The van der Waals surface area contributed by atoms with E-state index in [1.165, 1.54) is 18.2 Å². The standard InChI is InChI=1S/C14H9Cl2N3O2/c15-11-2-3-12(16)10(6-11)8-18-13-5-9(7-17)1-4-14(13)19(20)21/h1-6,18H,8H2. The Morgan fingerprint density at radius 2 is 2.00 bits per heavy atom. The number of nitriles is 1. The molecule has 5 nitrogen and oxygen atoms in total. The van der Waals surface area contributed by atoms with E-state index in [0.29, 0.717) is 21.2 Å². The van der Waals surface area contributed by atoms with E-state index >= 15 is 0 Å². The predicted octanol–water partition coefficient (Wildman–Crippen LogP) is 4.39. The second-order valence-electron chi connectivity index (χ2n) is 4.19. The van der Waals surface area contributed by atoms with Crippen LogP contribution in [0.4, 0.5) is 11.4 Å². The molecule has 2 aromatic carbocycles. The number of rotatable bonds is 4. The summed E-state index contributed by atoms with van der Waals surface area (Å²) in [6, 6.07) is 11.1. The van der Waals surface area contributed by atoms with Crippen molar-refractivity contribution in [2.24, 2.45) is 0 Å². The molecule has 0 atom stereocenters. The van der Waals surface area contributed by atoms with Crippen molar-refractivity contribution in [3.63, 3.8) is 0 Å². The maximum absolute atomic E-state index is 11.0. The Morgan fingerprint density at radius 3 is 2.67 bits per heavy atom. The molecule has 0 bridgehead atoms. The maximum Gasteiger partial charge on any atom is 0.292 e. The molecule has 0 unspecified atom stereocenters. The Kier molecular flexibility index (Phi) is 4.63. The van der Waals surface area contributed by atoms with E-state index < -0.39 is 4.92 Å². The van der Waals surface area contributed by atoms with Crippen LogP contribution in [0, 0.1) is 21.4 Å². The number of nitrogens with one attached hydrogen (secondary N) is 1. The minimum Gasteiger partial charge on any atom is -0.375 e. The zero-order valence-corrected chi connectivity index (χ0v) is 12.1. The molecule has 0 spiro atoms. The van der Waals surface area contributed by atoms with E-state index in [2.05, 4.69) is 5.32 Å². The molecule has 2 aromatic rings. The van der Waals surface area contributed by atoms with Crippen molar-refractivity contribution in [2.75, 3.05) is 5.32 Å². The Bertz CT molecular complexity index is 741. The average molecular weight is 322 g/mol. The topological polar surface area (TPSA) is 79.0 Å². The Labute approximate surface area is 130 Å². The van der Waals surface area contributed by atoms with Crippen LogP contribution in [-0.2, 0) is 6.54 Å². The molecule has 0 aliphatic rings. The van der Waals surface area contributed by atoms with Crippen LogP contribution in [0.2, 0.25) is 10.0 Å². The first-order valence-electron chi connectivity index (χ1n) is 5.87. The summed E-state index contributed by atoms with van der Waals surface area (Å²) in [5.74, 6) is 0. The number of anilines is 1. The van der Waals surface area contributed by atoms with Crippen molar-refractivity contribution in [1.29, 1.82) is 5.26 Å². The molecule has 0 heterocycles. The number of nitro groups is 1. The van der Waals surface area contributed by atoms with Crippen molar-refractivity contribution < 1.29 is 4.92 Å². The van der Waals surface area contributed by atoms with Gasteiger partial charge in [0.25, 0.3) is 5.69 Å². The molecule has 0 aromatic heterocycles. The van der Waals surface area contributed by atoms with Gasteiger partial charge in [-0.3, -0.25) is 10.1 Å². The first-order chi connectivity index (χ1) is 10.0. The molecule has 7 heteroatoms. The lowest BCUT2D eigenvalue weighted by Gasteiger charge is -2.09. The molecule has 0 fully saturated rings. The fourth-order valence-electron chi connectivity index (χ4n) is 1.78. The lowest BCUT2D eigenvalue weighted by Crippen LogP contribution is -2.03. The van der Waals surface area contributed by atoms with Gasteiger partial charge < -0.3 is 5.32 Å². The number of hydrogen-bond acceptors (Lipinski definition) is 4. The first-order valence-corrected chi connectivity index (χ1v) is 6.63. The highest BCUT2D eigenvalue weighted by molar-refractivity contribution is 6.33. The van der Waals surface area contributed by atoms with E-state index in [1.807, 2.05) is 6.07 Å². The highest BCUT2D eigenvalue weighted by Crippen LogP contribution is 2.27. The van der Waals surface area contributed by atoms with Crippen LogP contribution in [0.3, 0.4) is 0 Å². The normalized spacial score (nSPS) is 9.95. The van der Waals surface area contributed by atoms with E-state index in [-0.39, 0.29) is 17.9 Å². The number of hydrogen-bond donors (Lipinski definition) is 1. The van der Waals surface area contributed by atoms with Gasteiger partial charge in [-0.2, -0.15) is 5.26 Å². The highest BCUT2D eigenvalue weighted by Gasteiger charge is 2.14. The van der Waals surface area contributed by atoms with Crippen molar-refractivity contribution in [3.8, 4) is 6.07 Å². The summed E-state index contributed by atoms with van der Waals surface area (Å²) in [7, 11) is 0. The molecule has 21 heavy (non-hydrogen) atoms. The van der Waals surface area contributed by atoms with Gasteiger partial charge in [0.2, 0.25) is 0 Å². The summed E-state index contributed by atoms with van der Waals surface area (Å²) in [5.41, 5.74) is 1.20. The van der Waals surface area contributed by atoms with Crippen molar-refractivity contribution >= 4 is 34.6 Å². The van der Waals surface area contributed by atoms with Crippen molar-refractivity contribution in [1.82, 2.24) is 0 Å². The number of nitrogens with zero attached hydrogens (tertiary/aromatic N) is 2. The van der Waals surface area contributed by atoms with E-state index in [9.17, 15) is 10.1 Å². The largest absolute Gasteiger partial charge is 0.375 e. The molecule has 0 aliphatic carbocycles. The third-order valence-electron chi connectivity index (χ3n) is 2.80. The number of halogens is 2. The molecular weight excluding hydrogens is 313 g/mol. The Hall–Kier alpha value is -2.29. The second kappa shape index (κ2) is 6.44. The summed E-state index contributed by atoms with van der Waals surface area (Å²) in [6.07, 6.45) is 0. The molecule has 0 radical (unpaired) electrons. The highest BCUT2D eigenvalue weighted by atomic mass is 35.5. The lowest BCUT2D eigenvalue weighted by atomic mass is 10.1. The lowest BCUT2D eigenvalue weighted by molar-refractivity contribution is -0.384. The van der Waals surface area contributed by atoms with Gasteiger partial charge in [0.1, 0.15) is 5.69 Å². The van der Waals surface area contributed by atoms with E-state index in [0.717, 1.165) is 0 Å². The fraction of sp³-hybridized carbons (Fsp3) is 0.0714. The molecular formula is C14H9Cl2N3O2. The molecule has 0 aliphatic heterocycles. The third kappa shape index (κ3) is 3.63. The first kappa shape index (κ1) is 15.1. The summed E-state index contributed by atoms with van der Waals surface area (Å²) in [6.45, 7) is 0.259. The van der Waals surface area contributed by atoms with Gasteiger partial charge >= 0.3 is 0 Å². The summed E-state index contributed by atoms with van der Waals surface area (Å²) >= 11 is 11.9. The fourth-order valence-corrected chi connectivity index (χ4v) is 2.15. The smallest absolute Gasteiger partial charge is 0.292 e. The molecule has 106 valence electrons. The summed E-state index contributed by atoms with van der Waals surface area (Å²) < 4.78 is 0. The quantitative estimate of drug-likeness (QED) is 0.669. The minimum absolute atomic E-state index is 0.104. The Morgan fingerprint density at radius 1 is 1.24 bits per heavy atom. The van der Waals surface area contributed by atoms with E-state index in [1.54, 1.807) is 18.2 Å². The SMILES string of the molecule is N#Cc1ccc([N+](=O)[O-])c(NCc2cc(Cl)ccc2Cl)c1. The monoisotopic (exact) mass is 321 g/mol. The van der Waals surface area contributed by atoms with Gasteiger partial charge in [-0.25, -0.2) is 0 Å². The van der Waals surface area contributed by atoms with Crippen LogP contribution in [0.5, 0.6) is 0 Å². The molecule has 0 saturated carbocycles. The van der Waals surface area contributed by atoms with Gasteiger partial charge in [-0.1, -0.05) is 23.2 Å². The van der Waals surface area contributed by atoms with Gasteiger partial charge in [0, 0.05) is 22.7 Å². The van der Waals surface area contributed by atoms with E-state index in [4.69, 9.17) is 28.5 Å². The van der Waals surface area contributed by atoms with Crippen LogP contribution >= 0.6 is 23.2 Å². The molecule has 2 rings (SSSR count). The van der Waals surface area contributed by atoms with Crippen LogP contribution < -0.4 is 5.32 Å². The number of benzene rings is 2. The average Bonchev–Trinajstić information content (AvgIpc) is 2.47. The van der Waals surface area contributed by atoms with Crippen LogP contribution in [0.15, 0.2) is 36.4 Å². The van der Waals surface area contributed by atoms with Crippen molar-refractivity contribution in [2.45, 2.75) is 6.54 Å². The van der Waals surface area contributed by atoms with Crippen LogP contribution in [0.25, 0.3) is 0 Å². The molecule has 0 amide bonds. The van der Waals surface area contributed by atoms with Gasteiger partial charge in [-0.05, 0) is 35.9 Å². The zero-order valence-electron chi connectivity index (χ0n) is 10.6. The van der Waals surface area contributed by atoms with Crippen molar-refractivity contribution in [3.05, 3.63) is 67.7 Å². The molecule has 0 saturated heterocycles. The summed E-state index contributed by atoms with van der Waals surface area (Å²) in [5, 5.41) is 23.8. The molecule has 1 N–H and O–H groups in total. The second-order valence-corrected chi connectivity index (χ2v) is 5.03. The van der Waals surface area contributed by atoms with Crippen LogP contribution in [0.1, 0.15) is 11.1 Å². The zero-order chi connectivity index (χ0) is 15.4. The van der Waals surface area contributed by atoms with Crippen LogP contribution in [-0.4, -0.2) is 4.92 Å². The van der Waals surface area contributed by atoms with Gasteiger partial charge in [0.15, 0.2) is 0 Å². The summed E-state index contributed by atoms with van der Waals surface area (Å²) in [4.78, 5) is 10.5. The number of nitro benzene ring substituents is 1. The Balaban J connectivity index is 2.28.